The zero-order chi connectivity index (χ0) is 30.4. The van der Waals surface area contributed by atoms with Crippen LogP contribution in [0.2, 0.25) is 15.1 Å². The first-order chi connectivity index (χ1) is 19.9. The lowest BCUT2D eigenvalue weighted by molar-refractivity contribution is -0.140. The van der Waals surface area contributed by atoms with Crippen molar-refractivity contribution in [2.45, 2.75) is 50.7 Å². The number of hydrogen-bond donors (Lipinski definition) is 1. The molecule has 0 unspecified atom stereocenters. The van der Waals surface area contributed by atoms with Crippen LogP contribution >= 0.6 is 34.8 Å². The Labute approximate surface area is 260 Å². The molecule has 1 aliphatic carbocycles. The van der Waals surface area contributed by atoms with Gasteiger partial charge in [0, 0.05) is 19.0 Å². The number of sulfonamides is 1. The zero-order valence-corrected chi connectivity index (χ0v) is 26.0. The fraction of sp³-hybridized carbons (Fsp3) is 0.333. The number of carbonyl (C=O) groups is 2. The smallest absolute Gasteiger partial charge is 0.244 e. The Kier molecular flexibility index (Phi) is 10.8. The topological polar surface area (TPSA) is 86.8 Å². The highest BCUT2D eigenvalue weighted by Crippen LogP contribution is 2.27. The van der Waals surface area contributed by atoms with E-state index in [1.165, 1.54) is 11.0 Å². The minimum absolute atomic E-state index is 0.00780. The van der Waals surface area contributed by atoms with Crippen molar-refractivity contribution in [1.82, 2.24) is 10.2 Å². The number of hydrogen-bond acceptors (Lipinski definition) is 4. The molecule has 0 bridgehead atoms. The van der Waals surface area contributed by atoms with Gasteiger partial charge in [0.15, 0.2) is 0 Å². The zero-order valence-electron chi connectivity index (χ0n) is 22.9. The van der Waals surface area contributed by atoms with E-state index in [9.17, 15) is 22.4 Å². The Bertz CT molecular complexity index is 1540. The molecular formula is C30H31Cl3FN3O4S. The first kappa shape index (κ1) is 32.1. The molecule has 12 heteroatoms. The van der Waals surface area contributed by atoms with Crippen LogP contribution in [0, 0.1) is 5.82 Å². The van der Waals surface area contributed by atoms with Crippen molar-refractivity contribution in [3.63, 3.8) is 0 Å². The van der Waals surface area contributed by atoms with Crippen LogP contribution in [0.5, 0.6) is 0 Å². The average Bonchev–Trinajstić information content (AvgIpc) is 3.45. The van der Waals surface area contributed by atoms with Crippen LogP contribution in [-0.4, -0.2) is 50.0 Å². The normalized spacial score (nSPS) is 14.4. The van der Waals surface area contributed by atoms with Gasteiger partial charge in [-0.3, -0.25) is 13.9 Å². The Morgan fingerprint density at radius 3 is 2.24 bits per heavy atom. The SMILES string of the molecule is CS(=O)(=O)N(CC(=O)N(Cc1ccc(Cl)c(Cl)c1)[C@@H](Cc1ccccc1)C(=O)NC1CCCC1)c1ccc(F)c(Cl)c1. The predicted molar refractivity (Wildman–Crippen MR) is 165 cm³/mol. The fourth-order valence-corrected chi connectivity index (χ4v) is 6.35. The maximum absolute atomic E-state index is 14.1. The number of halogens is 4. The Morgan fingerprint density at radius 2 is 1.62 bits per heavy atom. The molecule has 224 valence electrons. The van der Waals surface area contributed by atoms with Gasteiger partial charge in [0.1, 0.15) is 18.4 Å². The molecule has 0 spiro atoms. The highest BCUT2D eigenvalue weighted by atomic mass is 35.5. The first-order valence-electron chi connectivity index (χ1n) is 13.4. The number of rotatable bonds is 11. The summed E-state index contributed by atoms with van der Waals surface area (Å²) in [6.07, 6.45) is 4.83. The van der Waals surface area contributed by atoms with Crippen molar-refractivity contribution < 1.29 is 22.4 Å². The van der Waals surface area contributed by atoms with Crippen LogP contribution < -0.4 is 9.62 Å². The molecule has 0 aromatic heterocycles. The van der Waals surface area contributed by atoms with Gasteiger partial charge in [0.2, 0.25) is 21.8 Å². The highest BCUT2D eigenvalue weighted by Gasteiger charge is 2.34. The van der Waals surface area contributed by atoms with Crippen LogP contribution in [0.4, 0.5) is 10.1 Å². The molecule has 2 amide bonds. The van der Waals surface area contributed by atoms with Gasteiger partial charge in [-0.05, 0) is 54.3 Å². The van der Waals surface area contributed by atoms with Crippen molar-refractivity contribution in [3.05, 3.63) is 98.7 Å². The number of nitrogens with one attached hydrogen (secondary N) is 1. The molecule has 0 aliphatic heterocycles. The first-order valence-corrected chi connectivity index (χ1v) is 16.4. The van der Waals surface area contributed by atoms with E-state index in [1.54, 1.807) is 18.2 Å². The molecule has 7 nitrogen and oxygen atoms in total. The Balaban J connectivity index is 1.74. The Hall–Kier alpha value is -2.85. The largest absolute Gasteiger partial charge is 0.352 e. The molecule has 1 atom stereocenters. The molecule has 1 N–H and O–H groups in total. The average molecular weight is 655 g/mol. The summed E-state index contributed by atoms with van der Waals surface area (Å²) in [7, 11) is -4.02. The number of nitrogens with zero attached hydrogens (tertiary/aromatic N) is 2. The minimum atomic E-state index is -4.02. The molecule has 4 rings (SSSR count). The number of amides is 2. The van der Waals surface area contributed by atoms with Crippen LogP contribution in [0.15, 0.2) is 66.7 Å². The van der Waals surface area contributed by atoms with Gasteiger partial charge in [0.25, 0.3) is 0 Å². The van der Waals surface area contributed by atoms with Crippen molar-refractivity contribution in [3.8, 4) is 0 Å². The van der Waals surface area contributed by atoms with Crippen molar-refractivity contribution in [1.29, 1.82) is 0 Å². The van der Waals surface area contributed by atoms with E-state index >= 15 is 0 Å². The number of benzene rings is 3. The molecule has 1 fully saturated rings. The van der Waals surface area contributed by atoms with Gasteiger partial charge in [-0.15, -0.1) is 0 Å². The summed E-state index contributed by atoms with van der Waals surface area (Å²) in [4.78, 5) is 29.3. The molecule has 42 heavy (non-hydrogen) atoms. The minimum Gasteiger partial charge on any atom is -0.352 e. The standard InChI is InChI=1S/C30H31Cl3FN3O4S/c1-42(40,41)37(23-12-14-27(34)26(33)17-23)19-29(38)36(18-21-11-13-24(31)25(32)15-21)28(16-20-7-3-2-4-8-20)30(39)35-22-9-5-6-10-22/h2-4,7-8,11-15,17,22,28H,5-6,9-10,16,18-19H2,1H3,(H,35,39)/t28-/m0/s1. The molecule has 1 aliphatic rings. The predicted octanol–water partition coefficient (Wildman–Crippen LogP) is 6.25. The molecule has 0 saturated heterocycles. The van der Waals surface area contributed by atoms with Gasteiger partial charge in [-0.25, -0.2) is 12.8 Å². The summed E-state index contributed by atoms with van der Waals surface area (Å²) in [5.41, 5.74) is 1.43. The molecule has 0 radical (unpaired) electrons. The second-order valence-corrected chi connectivity index (χ2v) is 13.5. The van der Waals surface area contributed by atoms with E-state index in [-0.39, 0.29) is 40.6 Å². The summed E-state index contributed by atoms with van der Waals surface area (Å²) in [5.74, 6) is -1.71. The molecule has 1 saturated carbocycles. The maximum atomic E-state index is 14.1. The van der Waals surface area contributed by atoms with Gasteiger partial charge >= 0.3 is 0 Å². The van der Waals surface area contributed by atoms with Gasteiger partial charge in [0.05, 0.1) is 27.0 Å². The van der Waals surface area contributed by atoms with Crippen LogP contribution in [-0.2, 0) is 32.6 Å². The van der Waals surface area contributed by atoms with E-state index in [0.29, 0.717) is 10.6 Å². The number of carbonyl (C=O) groups excluding carboxylic acids is 2. The van der Waals surface area contributed by atoms with Crippen molar-refractivity contribution in [2.24, 2.45) is 0 Å². The van der Waals surface area contributed by atoms with Gasteiger partial charge < -0.3 is 10.2 Å². The highest BCUT2D eigenvalue weighted by molar-refractivity contribution is 7.92. The third kappa shape index (κ3) is 8.37. The summed E-state index contributed by atoms with van der Waals surface area (Å²) >= 11 is 18.3. The lowest BCUT2D eigenvalue weighted by atomic mass is 10.0. The van der Waals surface area contributed by atoms with E-state index in [0.717, 1.165) is 53.9 Å². The fourth-order valence-electron chi connectivity index (χ4n) is 5.01. The second-order valence-electron chi connectivity index (χ2n) is 10.3. The summed E-state index contributed by atoms with van der Waals surface area (Å²) < 4.78 is 40.4. The summed E-state index contributed by atoms with van der Waals surface area (Å²) in [5, 5.41) is 3.41. The van der Waals surface area contributed by atoms with E-state index in [1.807, 2.05) is 30.3 Å². The quantitative estimate of drug-likeness (QED) is 0.265. The van der Waals surface area contributed by atoms with Crippen LogP contribution in [0.3, 0.4) is 0 Å². The third-order valence-corrected chi connectivity index (χ3v) is 9.35. The van der Waals surface area contributed by atoms with Crippen molar-refractivity contribution in [2.75, 3.05) is 17.1 Å². The van der Waals surface area contributed by atoms with Crippen LogP contribution in [0.1, 0.15) is 36.8 Å². The summed E-state index contributed by atoms with van der Waals surface area (Å²) in [6.45, 7) is -0.697. The van der Waals surface area contributed by atoms with E-state index < -0.39 is 34.3 Å². The lowest BCUT2D eigenvalue weighted by Gasteiger charge is -2.34. The second kappa shape index (κ2) is 14.1. The monoisotopic (exact) mass is 653 g/mol. The lowest BCUT2D eigenvalue weighted by Crippen LogP contribution is -2.54. The maximum Gasteiger partial charge on any atom is 0.244 e. The molecule has 0 heterocycles. The number of anilines is 1. The van der Waals surface area contributed by atoms with Crippen LogP contribution in [0.25, 0.3) is 0 Å². The van der Waals surface area contributed by atoms with Gasteiger partial charge in [-0.2, -0.15) is 0 Å². The molecule has 3 aromatic rings. The Morgan fingerprint density at radius 1 is 0.929 bits per heavy atom. The van der Waals surface area contributed by atoms with E-state index in [4.69, 9.17) is 34.8 Å². The van der Waals surface area contributed by atoms with E-state index in [2.05, 4.69) is 5.32 Å². The summed E-state index contributed by atoms with van der Waals surface area (Å²) in [6, 6.07) is 16.6. The molecular weight excluding hydrogens is 624 g/mol. The van der Waals surface area contributed by atoms with Crippen molar-refractivity contribution >= 4 is 62.3 Å². The molecule has 3 aromatic carbocycles. The third-order valence-electron chi connectivity index (χ3n) is 7.18. The van der Waals surface area contributed by atoms with Gasteiger partial charge in [-0.1, -0.05) is 84.0 Å².